The number of para-hydroxylation sites is 1. The molecule has 1 amide bonds. The van der Waals surface area contributed by atoms with Crippen LogP contribution in [0.15, 0.2) is 77.7 Å². The number of hydrogen-bond acceptors (Lipinski definition) is 7. The molecule has 35 heavy (non-hydrogen) atoms. The van der Waals surface area contributed by atoms with Crippen molar-refractivity contribution in [1.82, 2.24) is 0 Å². The minimum atomic E-state index is -4.07. The van der Waals surface area contributed by atoms with Crippen LogP contribution in [0.25, 0.3) is 6.08 Å². The largest absolute Gasteiger partial charge is 0.495 e. The van der Waals surface area contributed by atoms with E-state index in [2.05, 4.69) is 10.0 Å². The van der Waals surface area contributed by atoms with Gasteiger partial charge in [-0.25, -0.2) is 8.42 Å². The molecule has 0 saturated heterocycles. The van der Waals surface area contributed by atoms with Crippen LogP contribution >= 0.6 is 0 Å². The van der Waals surface area contributed by atoms with Gasteiger partial charge in [-0.15, -0.1) is 0 Å². The molecule has 0 bridgehead atoms. The van der Waals surface area contributed by atoms with E-state index in [1.165, 1.54) is 49.6 Å². The number of nitro groups is 1. The highest BCUT2D eigenvalue weighted by Gasteiger charge is 2.21. The predicted molar refractivity (Wildman–Crippen MR) is 132 cm³/mol. The molecule has 0 aromatic heterocycles. The van der Waals surface area contributed by atoms with E-state index < -0.39 is 20.9 Å². The number of carbonyl (C=O) groups excluding carboxylic acids is 1. The summed E-state index contributed by atoms with van der Waals surface area (Å²) in [6.07, 6.45) is 2.43. The summed E-state index contributed by atoms with van der Waals surface area (Å²) in [6.45, 7) is 2.33. The highest BCUT2D eigenvalue weighted by atomic mass is 32.2. The molecule has 10 nitrogen and oxygen atoms in total. The van der Waals surface area contributed by atoms with Crippen molar-refractivity contribution in [3.63, 3.8) is 0 Å². The van der Waals surface area contributed by atoms with Gasteiger partial charge in [0.05, 0.1) is 24.2 Å². The van der Waals surface area contributed by atoms with Gasteiger partial charge in [-0.05, 0) is 61.5 Å². The fraction of sp³-hybridized carbons (Fsp3) is 0.125. The number of sulfonamides is 1. The zero-order valence-corrected chi connectivity index (χ0v) is 19.7. The molecule has 0 saturated carbocycles. The van der Waals surface area contributed by atoms with Crippen LogP contribution in [0, 0.1) is 10.1 Å². The second kappa shape index (κ2) is 11.2. The lowest BCUT2D eigenvalue weighted by atomic mass is 10.1. The summed E-state index contributed by atoms with van der Waals surface area (Å²) in [7, 11) is -2.74. The minimum Gasteiger partial charge on any atom is -0.495 e. The summed E-state index contributed by atoms with van der Waals surface area (Å²) < 4.78 is 39.1. The number of amides is 1. The van der Waals surface area contributed by atoms with Gasteiger partial charge in [0.1, 0.15) is 16.4 Å². The van der Waals surface area contributed by atoms with Crippen LogP contribution in [0.5, 0.6) is 11.5 Å². The first kappa shape index (κ1) is 25.2. The molecule has 182 valence electrons. The maximum atomic E-state index is 13.0. The quantitative estimate of drug-likeness (QED) is 0.240. The van der Waals surface area contributed by atoms with Gasteiger partial charge >= 0.3 is 0 Å². The molecule has 2 N–H and O–H groups in total. The molecule has 3 aromatic rings. The Hall–Kier alpha value is -4.38. The number of anilines is 2. The molecule has 0 unspecified atom stereocenters. The molecule has 11 heteroatoms. The van der Waals surface area contributed by atoms with E-state index in [4.69, 9.17) is 9.47 Å². The summed E-state index contributed by atoms with van der Waals surface area (Å²) in [4.78, 5) is 22.8. The maximum absolute atomic E-state index is 13.0. The second-order valence-corrected chi connectivity index (χ2v) is 8.72. The van der Waals surface area contributed by atoms with E-state index in [1.54, 1.807) is 30.3 Å². The van der Waals surface area contributed by atoms with Crippen molar-refractivity contribution in [1.29, 1.82) is 0 Å². The number of nitro benzene ring substituents is 1. The van der Waals surface area contributed by atoms with Gasteiger partial charge in [-0.3, -0.25) is 19.6 Å². The summed E-state index contributed by atoms with van der Waals surface area (Å²) in [6, 6.07) is 16.5. The average Bonchev–Trinajstić information content (AvgIpc) is 2.84. The summed E-state index contributed by atoms with van der Waals surface area (Å²) in [5.41, 5.74) is 0.618. The van der Waals surface area contributed by atoms with E-state index in [-0.39, 0.29) is 27.6 Å². The summed E-state index contributed by atoms with van der Waals surface area (Å²) in [5.74, 6) is 0.0830. The fourth-order valence-corrected chi connectivity index (χ4v) is 4.36. The topological polar surface area (TPSA) is 137 Å². The first-order valence-electron chi connectivity index (χ1n) is 10.4. The number of ether oxygens (including phenoxy) is 2. The lowest BCUT2D eigenvalue weighted by Crippen LogP contribution is -2.15. The molecule has 0 spiro atoms. The Morgan fingerprint density at radius 3 is 2.40 bits per heavy atom. The van der Waals surface area contributed by atoms with Gasteiger partial charge < -0.3 is 14.8 Å². The van der Waals surface area contributed by atoms with Crippen LogP contribution in [0.4, 0.5) is 17.1 Å². The second-order valence-electron chi connectivity index (χ2n) is 7.07. The Labute approximate surface area is 202 Å². The molecule has 0 aliphatic heterocycles. The zero-order chi connectivity index (χ0) is 25.4. The van der Waals surface area contributed by atoms with Crippen molar-refractivity contribution in [2.24, 2.45) is 0 Å². The van der Waals surface area contributed by atoms with Crippen LogP contribution in [-0.4, -0.2) is 33.0 Å². The molecule has 0 aliphatic carbocycles. The zero-order valence-electron chi connectivity index (χ0n) is 18.9. The molecule has 0 atom stereocenters. The van der Waals surface area contributed by atoms with Gasteiger partial charge in [0.2, 0.25) is 5.91 Å². The molecule has 0 aliphatic rings. The van der Waals surface area contributed by atoms with Crippen LogP contribution in [0.1, 0.15) is 12.5 Å². The minimum absolute atomic E-state index is 0.0805. The molecule has 0 fully saturated rings. The SMILES string of the molecule is CCOc1ccc(NS(=O)(=O)c2cc(NC(=O)/C=C/c3ccccc3[N+](=O)[O-])ccc2OC)cc1. The maximum Gasteiger partial charge on any atom is 0.276 e. The van der Waals surface area contributed by atoms with Crippen molar-refractivity contribution in [2.75, 3.05) is 23.8 Å². The van der Waals surface area contributed by atoms with Gasteiger partial charge in [0.15, 0.2) is 0 Å². The average molecular weight is 498 g/mol. The van der Waals surface area contributed by atoms with Crippen LogP contribution < -0.4 is 19.5 Å². The normalized spacial score (nSPS) is 11.1. The number of nitrogens with zero attached hydrogens (tertiary/aromatic N) is 1. The number of benzene rings is 3. The Kier molecular flexibility index (Phi) is 8.05. The number of nitrogens with one attached hydrogen (secondary N) is 2. The van der Waals surface area contributed by atoms with Crippen LogP contribution in [0.3, 0.4) is 0 Å². The Morgan fingerprint density at radius 1 is 1.06 bits per heavy atom. The van der Waals surface area contributed by atoms with Crippen molar-refractivity contribution in [2.45, 2.75) is 11.8 Å². The predicted octanol–water partition coefficient (Wildman–Crippen LogP) is 4.45. The van der Waals surface area contributed by atoms with E-state index in [0.717, 1.165) is 6.08 Å². The number of methoxy groups -OCH3 is 1. The number of rotatable bonds is 10. The third-order valence-corrected chi connectivity index (χ3v) is 6.09. The molecular formula is C24H23N3O7S. The highest BCUT2D eigenvalue weighted by molar-refractivity contribution is 7.92. The Morgan fingerprint density at radius 2 is 1.74 bits per heavy atom. The molecule has 3 aromatic carbocycles. The number of carbonyl (C=O) groups is 1. The van der Waals surface area contributed by atoms with Crippen LogP contribution in [0.2, 0.25) is 0 Å². The third-order valence-electron chi connectivity index (χ3n) is 4.69. The first-order chi connectivity index (χ1) is 16.7. The molecular weight excluding hydrogens is 474 g/mol. The Balaban J connectivity index is 1.80. The fourth-order valence-electron chi connectivity index (χ4n) is 3.10. The van der Waals surface area contributed by atoms with E-state index in [9.17, 15) is 23.3 Å². The Bertz CT molecular complexity index is 1350. The van der Waals surface area contributed by atoms with E-state index in [1.807, 2.05) is 6.92 Å². The molecule has 3 rings (SSSR count). The van der Waals surface area contributed by atoms with Crippen LogP contribution in [-0.2, 0) is 14.8 Å². The monoisotopic (exact) mass is 497 g/mol. The van der Waals surface area contributed by atoms with Gasteiger partial charge in [0, 0.05) is 23.5 Å². The lowest BCUT2D eigenvalue weighted by molar-refractivity contribution is -0.385. The first-order valence-corrected chi connectivity index (χ1v) is 11.9. The van der Waals surface area contributed by atoms with Gasteiger partial charge in [0.25, 0.3) is 15.7 Å². The standard InChI is InChI=1S/C24H23N3O7S/c1-3-34-20-12-9-18(10-13-20)26-35(31,32)23-16-19(11-14-22(23)33-2)25-24(28)15-8-17-6-4-5-7-21(17)27(29)30/h4-16,26H,3H2,1-2H3,(H,25,28)/b15-8+. The van der Waals surface area contributed by atoms with Gasteiger partial charge in [-0.1, -0.05) is 12.1 Å². The van der Waals surface area contributed by atoms with Crippen molar-refractivity contribution >= 4 is 39.1 Å². The molecule has 0 radical (unpaired) electrons. The highest BCUT2D eigenvalue weighted by Crippen LogP contribution is 2.29. The van der Waals surface area contributed by atoms with Crippen molar-refractivity contribution in [3.8, 4) is 11.5 Å². The molecule has 0 heterocycles. The van der Waals surface area contributed by atoms with E-state index >= 15 is 0 Å². The van der Waals surface area contributed by atoms with Crippen molar-refractivity contribution < 1.29 is 27.6 Å². The summed E-state index contributed by atoms with van der Waals surface area (Å²) >= 11 is 0. The number of hydrogen-bond donors (Lipinski definition) is 2. The summed E-state index contributed by atoms with van der Waals surface area (Å²) in [5, 5.41) is 13.7. The lowest BCUT2D eigenvalue weighted by Gasteiger charge is -2.14. The smallest absolute Gasteiger partial charge is 0.276 e. The van der Waals surface area contributed by atoms with E-state index in [0.29, 0.717) is 18.0 Å². The third kappa shape index (κ3) is 6.58. The van der Waals surface area contributed by atoms with Crippen molar-refractivity contribution in [3.05, 3.63) is 88.5 Å². The van der Waals surface area contributed by atoms with Gasteiger partial charge in [-0.2, -0.15) is 0 Å².